The summed E-state index contributed by atoms with van der Waals surface area (Å²) in [6.45, 7) is 1.35. The molecule has 0 bridgehead atoms. The molecule has 0 spiro atoms. The molecule has 0 saturated heterocycles. The first-order chi connectivity index (χ1) is 10.0. The molecule has 2 rings (SSSR count). The standard InChI is InChI=1S/C16H23FN2O2/c1-19(10-15(20)13-4-5-13)11-16(21)18-9-8-12-2-6-14(17)7-3-12/h2-3,6-7,13,15,20H,4-5,8-11H2,1H3,(H,18,21). The van der Waals surface area contributed by atoms with Crippen molar-refractivity contribution in [3.05, 3.63) is 35.6 Å². The second-order valence-corrected chi connectivity index (χ2v) is 5.83. The van der Waals surface area contributed by atoms with E-state index in [-0.39, 0.29) is 24.4 Å². The summed E-state index contributed by atoms with van der Waals surface area (Å²) in [6.07, 6.45) is 2.56. The van der Waals surface area contributed by atoms with Crippen LogP contribution in [0, 0.1) is 11.7 Å². The number of hydrogen-bond acceptors (Lipinski definition) is 3. The van der Waals surface area contributed by atoms with Crippen LogP contribution >= 0.6 is 0 Å². The molecule has 1 fully saturated rings. The minimum atomic E-state index is -0.318. The zero-order valence-corrected chi connectivity index (χ0v) is 12.4. The molecule has 0 aliphatic heterocycles. The van der Waals surface area contributed by atoms with E-state index in [2.05, 4.69) is 5.32 Å². The lowest BCUT2D eigenvalue weighted by Crippen LogP contribution is -2.39. The maximum absolute atomic E-state index is 12.8. The Bertz CT molecular complexity index is 460. The summed E-state index contributed by atoms with van der Waals surface area (Å²) in [4.78, 5) is 13.6. The highest BCUT2D eigenvalue weighted by molar-refractivity contribution is 5.77. The van der Waals surface area contributed by atoms with E-state index in [0.29, 0.717) is 25.4 Å². The van der Waals surface area contributed by atoms with Crippen molar-refractivity contribution >= 4 is 5.91 Å². The van der Waals surface area contributed by atoms with Gasteiger partial charge in [-0.05, 0) is 49.9 Å². The number of hydrogen-bond donors (Lipinski definition) is 2. The Morgan fingerprint density at radius 1 is 1.43 bits per heavy atom. The van der Waals surface area contributed by atoms with Gasteiger partial charge in [0.15, 0.2) is 0 Å². The Hall–Kier alpha value is -1.46. The van der Waals surface area contributed by atoms with E-state index in [1.807, 2.05) is 11.9 Å². The fourth-order valence-corrected chi connectivity index (χ4v) is 2.31. The third-order valence-electron chi connectivity index (χ3n) is 3.73. The Morgan fingerprint density at radius 2 is 2.10 bits per heavy atom. The SMILES string of the molecule is CN(CC(=O)NCCc1ccc(F)cc1)CC(O)C1CC1. The van der Waals surface area contributed by atoms with Crippen LogP contribution in [0.1, 0.15) is 18.4 Å². The van der Waals surface area contributed by atoms with Crippen LogP contribution in [0.4, 0.5) is 4.39 Å². The third kappa shape index (κ3) is 5.81. The van der Waals surface area contributed by atoms with Gasteiger partial charge in [-0.25, -0.2) is 4.39 Å². The van der Waals surface area contributed by atoms with Crippen LogP contribution in [-0.2, 0) is 11.2 Å². The molecule has 21 heavy (non-hydrogen) atoms. The Kier molecular flexibility index (Phi) is 5.70. The number of carbonyl (C=O) groups is 1. The largest absolute Gasteiger partial charge is 0.392 e. The normalized spacial score (nSPS) is 16.0. The predicted octanol–water partition coefficient (Wildman–Crippen LogP) is 1.19. The lowest BCUT2D eigenvalue weighted by molar-refractivity contribution is -0.122. The average molecular weight is 294 g/mol. The zero-order chi connectivity index (χ0) is 15.2. The molecule has 1 unspecified atom stereocenters. The second kappa shape index (κ2) is 7.52. The Morgan fingerprint density at radius 3 is 2.71 bits per heavy atom. The molecule has 1 atom stereocenters. The van der Waals surface area contributed by atoms with Gasteiger partial charge in [-0.15, -0.1) is 0 Å². The Balaban J connectivity index is 1.61. The summed E-state index contributed by atoms with van der Waals surface area (Å²) < 4.78 is 12.8. The maximum atomic E-state index is 12.8. The minimum Gasteiger partial charge on any atom is -0.392 e. The van der Waals surface area contributed by atoms with E-state index in [4.69, 9.17) is 0 Å². The van der Waals surface area contributed by atoms with E-state index in [1.54, 1.807) is 12.1 Å². The van der Waals surface area contributed by atoms with Gasteiger partial charge in [0.2, 0.25) is 5.91 Å². The number of nitrogens with one attached hydrogen (secondary N) is 1. The highest BCUT2D eigenvalue weighted by atomic mass is 19.1. The van der Waals surface area contributed by atoms with E-state index >= 15 is 0 Å². The van der Waals surface area contributed by atoms with E-state index in [1.165, 1.54) is 12.1 Å². The zero-order valence-electron chi connectivity index (χ0n) is 12.4. The monoisotopic (exact) mass is 294 g/mol. The van der Waals surface area contributed by atoms with Crippen LogP contribution in [-0.4, -0.2) is 48.7 Å². The van der Waals surface area contributed by atoms with Crippen molar-refractivity contribution in [1.82, 2.24) is 10.2 Å². The summed E-state index contributed by atoms with van der Waals surface area (Å²) in [5.74, 6) is 0.121. The number of nitrogens with zero attached hydrogens (tertiary/aromatic N) is 1. The maximum Gasteiger partial charge on any atom is 0.234 e. The lowest BCUT2D eigenvalue weighted by atomic mass is 10.1. The highest BCUT2D eigenvalue weighted by Gasteiger charge is 2.30. The van der Waals surface area contributed by atoms with Gasteiger partial charge in [0.1, 0.15) is 5.82 Å². The van der Waals surface area contributed by atoms with Crippen LogP contribution in [0.5, 0.6) is 0 Å². The number of carbonyl (C=O) groups excluding carboxylic acids is 1. The molecule has 1 aromatic rings. The molecule has 1 aromatic carbocycles. The van der Waals surface area contributed by atoms with E-state index in [0.717, 1.165) is 18.4 Å². The van der Waals surface area contributed by atoms with E-state index < -0.39 is 0 Å². The van der Waals surface area contributed by atoms with E-state index in [9.17, 15) is 14.3 Å². The van der Waals surface area contributed by atoms with Crippen LogP contribution in [0.3, 0.4) is 0 Å². The predicted molar refractivity (Wildman–Crippen MR) is 79.3 cm³/mol. The number of benzene rings is 1. The van der Waals surface area contributed by atoms with Gasteiger partial charge in [0, 0.05) is 13.1 Å². The molecule has 1 amide bonds. The number of likely N-dealkylation sites (N-methyl/N-ethyl adjacent to an activating group) is 1. The molecule has 5 heteroatoms. The van der Waals surface area contributed by atoms with Crippen LogP contribution in [0.15, 0.2) is 24.3 Å². The van der Waals surface area contributed by atoms with Gasteiger partial charge in [-0.2, -0.15) is 0 Å². The molecular formula is C16H23FN2O2. The van der Waals surface area contributed by atoms with Crippen molar-refractivity contribution in [3.63, 3.8) is 0 Å². The van der Waals surface area contributed by atoms with Gasteiger partial charge in [0.05, 0.1) is 12.6 Å². The number of rotatable bonds is 8. The first-order valence-electron chi connectivity index (χ1n) is 7.42. The average Bonchev–Trinajstić information content (AvgIpc) is 3.25. The minimum absolute atomic E-state index is 0.0531. The van der Waals surface area contributed by atoms with Crippen molar-refractivity contribution in [2.24, 2.45) is 5.92 Å². The number of aliphatic hydroxyl groups excluding tert-OH is 1. The molecule has 4 nitrogen and oxygen atoms in total. The van der Waals surface area contributed by atoms with Crippen LogP contribution in [0.2, 0.25) is 0 Å². The van der Waals surface area contributed by atoms with Crippen molar-refractivity contribution in [1.29, 1.82) is 0 Å². The third-order valence-corrected chi connectivity index (χ3v) is 3.73. The summed E-state index contributed by atoms with van der Waals surface area (Å²) in [5, 5.41) is 12.7. The van der Waals surface area contributed by atoms with Crippen molar-refractivity contribution in [2.75, 3.05) is 26.7 Å². The quantitative estimate of drug-likeness (QED) is 0.757. The summed E-state index contributed by atoms with van der Waals surface area (Å²) >= 11 is 0. The first-order valence-corrected chi connectivity index (χ1v) is 7.42. The molecule has 1 aliphatic rings. The van der Waals surface area contributed by atoms with Crippen LogP contribution in [0.25, 0.3) is 0 Å². The summed E-state index contributed by atoms with van der Waals surface area (Å²) in [5.41, 5.74) is 0.995. The topological polar surface area (TPSA) is 52.6 Å². The number of halogens is 1. The van der Waals surface area contributed by atoms with Gasteiger partial charge >= 0.3 is 0 Å². The lowest BCUT2D eigenvalue weighted by Gasteiger charge is -2.19. The van der Waals surface area contributed by atoms with Crippen molar-refractivity contribution in [2.45, 2.75) is 25.4 Å². The summed E-state index contributed by atoms with van der Waals surface area (Å²) in [6, 6.07) is 6.29. The highest BCUT2D eigenvalue weighted by Crippen LogP contribution is 2.32. The first kappa shape index (κ1) is 15.9. The fourth-order valence-electron chi connectivity index (χ4n) is 2.31. The molecule has 0 radical (unpaired) electrons. The van der Waals surface area contributed by atoms with Crippen LogP contribution < -0.4 is 5.32 Å². The Labute approximate surface area is 125 Å². The molecule has 0 heterocycles. The molecule has 116 valence electrons. The summed E-state index contributed by atoms with van der Waals surface area (Å²) in [7, 11) is 1.84. The number of aliphatic hydroxyl groups is 1. The van der Waals surface area contributed by atoms with Gasteiger partial charge in [-0.1, -0.05) is 12.1 Å². The smallest absolute Gasteiger partial charge is 0.234 e. The number of amides is 1. The van der Waals surface area contributed by atoms with Crippen molar-refractivity contribution < 1.29 is 14.3 Å². The van der Waals surface area contributed by atoms with Gasteiger partial charge in [-0.3, -0.25) is 9.69 Å². The van der Waals surface area contributed by atoms with Crippen molar-refractivity contribution in [3.8, 4) is 0 Å². The molecule has 1 aliphatic carbocycles. The fraction of sp³-hybridized carbons (Fsp3) is 0.562. The molecule has 1 saturated carbocycles. The second-order valence-electron chi connectivity index (χ2n) is 5.83. The molecule has 2 N–H and O–H groups in total. The van der Waals surface area contributed by atoms with Gasteiger partial charge in [0.25, 0.3) is 0 Å². The molecule has 0 aromatic heterocycles. The van der Waals surface area contributed by atoms with Gasteiger partial charge < -0.3 is 10.4 Å². The molecular weight excluding hydrogens is 271 g/mol.